The molecule has 0 aromatic heterocycles. The maximum atomic E-state index is 11.3. The monoisotopic (exact) mass is 263 g/mol. The van der Waals surface area contributed by atoms with Gasteiger partial charge in [0.2, 0.25) is 10.0 Å². The lowest BCUT2D eigenvalue weighted by Crippen LogP contribution is -2.49. The maximum Gasteiger partial charge on any atom is 0.211 e. The van der Waals surface area contributed by atoms with Gasteiger partial charge in [-0.3, -0.25) is 0 Å². The quantitative estimate of drug-likeness (QED) is 0.730. The van der Waals surface area contributed by atoms with E-state index >= 15 is 0 Å². The summed E-state index contributed by atoms with van der Waals surface area (Å²) in [5, 5.41) is 3.39. The van der Waals surface area contributed by atoms with E-state index < -0.39 is 10.0 Å². The molecule has 0 aliphatic carbocycles. The first-order valence-electron chi connectivity index (χ1n) is 6.34. The van der Waals surface area contributed by atoms with E-state index in [1.165, 1.54) is 6.26 Å². The van der Waals surface area contributed by atoms with Gasteiger partial charge in [-0.25, -0.2) is 8.42 Å². The third-order valence-corrected chi connectivity index (χ3v) is 4.53. The Morgan fingerprint density at radius 1 is 1.24 bits per heavy atom. The van der Waals surface area contributed by atoms with Gasteiger partial charge in [-0.2, -0.15) is 4.31 Å². The van der Waals surface area contributed by atoms with Crippen molar-refractivity contribution < 1.29 is 8.42 Å². The molecule has 1 fully saturated rings. The van der Waals surface area contributed by atoms with Gasteiger partial charge in [0.1, 0.15) is 0 Å². The molecule has 1 aliphatic rings. The number of hydrogen-bond acceptors (Lipinski definition) is 4. The predicted molar refractivity (Wildman–Crippen MR) is 70.6 cm³/mol. The number of hydrogen-bond donors (Lipinski definition) is 1. The number of sulfonamides is 1. The summed E-state index contributed by atoms with van der Waals surface area (Å²) in [6, 6.07) is 0.535. The molecule has 0 saturated carbocycles. The molecule has 1 saturated heterocycles. The Morgan fingerprint density at radius 3 is 2.29 bits per heavy atom. The van der Waals surface area contributed by atoms with Crippen LogP contribution in [0.2, 0.25) is 0 Å². The predicted octanol–water partition coefficient (Wildman–Crippen LogP) is -0.0483. The van der Waals surface area contributed by atoms with Crippen LogP contribution >= 0.6 is 0 Å². The highest BCUT2D eigenvalue weighted by molar-refractivity contribution is 7.88. The van der Waals surface area contributed by atoms with Crippen LogP contribution in [0.1, 0.15) is 20.3 Å². The van der Waals surface area contributed by atoms with Crippen LogP contribution in [0.4, 0.5) is 0 Å². The lowest BCUT2D eigenvalue weighted by molar-refractivity contribution is 0.182. The second-order valence-corrected chi connectivity index (χ2v) is 6.73. The highest BCUT2D eigenvalue weighted by Gasteiger charge is 2.23. The SMILES string of the molecule is CCNC(C)CCN1CCN(S(C)(=O)=O)CC1. The number of nitrogens with zero attached hydrogens (tertiary/aromatic N) is 2. The van der Waals surface area contributed by atoms with E-state index in [0.29, 0.717) is 19.1 Å². The Hall–Kier alpha value is -0.170. The van der Waals surface area contributed by atoms with Gasteiger partial charge in [-0.1, -0.05) is 6.92 Å². The van der Waals surface area contributed by atoms with Crippen LogP contribution in [0.3, 0.4) is 0 Å². The minimum absolute atomic E-state index is 0.535. The molecule has 0 bridgehead atoms. The van der Waals surface area contributed by atoms with E-state index in [9.17, 15) is 8.42 Å². The van der Waals surface area contributed by atoms with E-state index in [4.69, 9.17) is 0 Å². The zero-order valence-corrected chi connectivity index (χ0v) is 12.0. The average Bonchev–Trinajstić information content (AvgIpc) is 2.26. The van der Waals surface area contributed by atoms with Crippen molar-refractivity contribution in [1.29, 1.82) is 0 Å². The van der Waals surface area contributed by atoms with Crippen LogP contribution in [-0.2, 0) is 10.0 Å². The first-order valence-corrected chi connectivity index (χ1v) is 8.19. The second-order valence-electron chi connectivity index (χ2n) is 4.75. The van der Waals surface area contributed by atoms with Crippen molar-refractivity contribution in [3.05, 3.63) is 0 Å². The second kappa shape index (κ2) is 6.68. The Kier molecular flexibility index (Phi) is 5.85. The molecule has 1 unspecified atom stereocenters. The van der Waals surface area contributed by atoms with Crippen molar-refractivity contribution in [2.75, 3.05) is 45.5 Å². The van der Waals surface area contributed by atoms with Crippen LogP contribution in [0, 0.1) is 0 Å². The number of nitrogens with one attached hydrogen (secondary N) is 1. The largest absolute Gasteiger partial charge is 0.314 e. The van der Waals surface area contributed by atoms with Gasteiger partial charge in [-0.15, -0.1) is 0 Å². The van der Waals surface area contributed by atoms with Gasteiger partial charge in [-0.05, 0) is 26.4 Å². The molecule has 0 aromatic rings. The van der Waals surface area contributed by atoms with Crippen LogP contribution in [-0.4, -0.2) is 69.2 Å². The van der Waals surface area contributed by atoms with Crippen LogP contribution < -0.4 is 5.32 Å². The van der Waals surface area contributed by atoms with Gasteiger partial charge in [0.15, 0.2) is 0 Å². The summed E-state index contributed by atoms with van der Waals surface area (Å²) in [6.45, 7) is 9.33. The lowest BCUT2D eigenvalue weighted by atomic mass is 10.2. The van der Waals surface area contributed by atoms with Crippen molar-refractivity contribution in [3.8, 4) is 0 Å². The fourth-order valence-corrected chi connectivity index (χ4v) is 2.94. The maximum absolute atomic E-state index is 11.3. The summed E-state index contributed by atoms with van der Waals surface area (Å²) < 4.78 is 24.2. The first-order chi connectivity index (χ1) is 7.93. The van der Waals surface area contributed by atoms with Gasteiger partial charge in [0.25, 0.3) is 0 Å². The van der Waals surface area contributed by atoms with Crippen molar-refractivity contribution in [2.45, 2.75) is 26.3 Å². The summed E-state index contributed by atoms with van der Waals surface area (Å²) in [5.74, 6) is 0. The molecule has 5 nitrogen and oxygen atoms in total. The van der Waals surface area contributed by atoms with Crippen molar-refractivity contribution >= 4 is 10.0 Å². The van der Waals surface area contributed by atoms with E-state index in [1.807, 2.05) is 0 Å². The fraction of sp³-hybridized carbons (Fsp3) is 1.00. The summed E-state index contributed by atoms with van der Waals surface area (Å²) in [7, 11) is -2.99. The van der Waals surface area contributed by atoms with Crippen LogP contribution in [0.15, 0.2) is 0 Å². The molecular weight excluding hydrogens is 238 g/mol. The zero-order valence-electron chi connectivity index (χ0n) is 11.1. The standard InChI is InChI=1S/C11H25N3O2S/c1-4-12-11(2)5-6-13-7-9-14(10-8-13)17(3,15)16/h11-12H,4-10H2,1-3H3. The minimum Gasteiger partial charge on any atom is -0.314 e. The molecule has 1 atom stereocenters. The summed E-state index contributed by atoms with van der Waals surface area (Å²) in [6.07, 6.45) is 2.41. The number of rotatable bonds is 6. The Bertz CT molecular complexity index is 311. The average molecular weight is 263 g/mol. The molecule has 1 N–H and O–H groups in total. The van der Waals surface area contributed by atoms with Gasteiger partial charge in [0.05, 0.1) is 6.26 Å². The van der Waals surface area contributed by atoms with E-state index in [-0.39, 0.29) is 0 Å². The Morgan fingerprint density at radius 2 is 1.82 bits per heavy atom. The van der Waals surface area contributed by atoms with Crippen molar-refractivity contribution in [1.82, 2.24) is 14.5 Å². The molecule has 0 spiro atoms. The smallest absolute Gasteiger partial charge is 0.211 e. The summed E-state index contributed by atoms with van der Waals surface area (Å²) in [4.78, 5) is 2.34. The van der Waals surface area contributed by atoms with E-state index in [1.54, 1.807) is 4.31 Å². The molecule has 17 heavy (non-hydrogen) atoms. The summed E-state index contributed by atoms with van der Waals surface area (Å²) in [5.41, 5.74) is 0. The topological polar surface area (TPSA) is 52.6 Å². The van der Waals surface area contributed by atoms with Crippen molar-refractivity contribution in [3.63, 3.8) is 0 Å². The molecule has 102 valence electrons. The molecule has 1 aliphatic heterocycles. The highest BCUT2D eigenvalue weighted by atomic mass is 32.2. The normalized spacial score (nSPS) is 21.6. The zero-order chi connectivity index (χ0) is 12.9. The van der Waals surface area contributed by atoms with Gasteiger partial charge < -0.3 is 10.2 Å². The number of piperazine rings is 1. The van der Waals surface area contributed by atoms with E-state index in [0.717, 1.165) is 32.6 Å². The molecule has 1 heterocycles. The highest BCUT2D eigenvalue weighted by Crippen LogP contribution is 2.06. The van der Waals surface area contributed by atoms with Crippen LogP contribution in [0.25, 0.3) is 0 Å². The molecule has 0 amide bonds. The molecule has 1 rings (SSSR count). The molecular formula is C11H25N3O2S. The Labute approximate surface area is 105 Å². The lowest BCUT2D eigenvalue weighted by Gasteiger charge is -2.33. The third kappa shape index (κ3) is 5.33. The molecule has 6 heteroatoms. The minimum atomic E-state index is -2.99. The third-order valence-electron chi connectivity index (χ3n) is 3.23. The van der Waals surface area contributed by atoms with Crippen LogP contribution in [0.5, 0.6) is 0 Å². The Balaban J connectivity index is 2.24. The van der Waals surface area contributed by atoms with Crippen molar-refractivity contribution in [2.24, 2.45) is 0 Å². The molecule has 0 radical (unpaired) electrons. The summed E-state index contributed by atoms with van der Waals surface area (Å²) >= 11 is 0. The van der Waals surface area contributed by atoms with Gasteiger partial charge >= 0.3 is 0 Å². The van der Waals surface area contributed by atoms with E-state index in [2.05, 4.69) is 24.1 Å². The first kappa shape index (κ1) is 14.9. The molecule has 0 aromatic carbocycles. The fourth-order valence-electron chi connectivity index (χ4n) is 2.11. The van der Waals surface area contributed by atoms with Gasteiger partial charge in [0, 0.05) is 32.2 Å².